The van der Waals surface area contributed by atoms with Crippen LogP contribution in [0.3, 0.4) is 0 Å². The molecule has 0 atom stereocenters. The first kappa shape index (κ1) is 18.7. The maximum atomic E-state index is 13.6. The normalized spacial score (nSPS) is 14.6. The third-order valence-corrected chi connectivity index (χ3v) is 4.81. The summed E-state index contributed by atoms with van der Waals surface area (Å²) in [6.07, 6.45) is 1.30. The Kier molecular flexibility index (Phi) is 5.49. The van der Waals surface area contributed by atoms with Crippen LogP contribution in [0.4, 0.5) is 10.1 Å². The molecule has 2 aromatic rings. The number of halogens is 3. The number of carbonyl (C=O) groups excluding carboxylic acids is 2. The number of benzene rings is 2. The van der Waals surface area contributed by atoms with Gasteiger partial charge in [-0.25, -0.2) is 4.39 Å². The Hall–Kier alpha value is -2.11. The zero-order valence-electron chi connectivity index (χ0n) is 13.8. The van der Waals surface area contributed by atoms with E-state index in [0.717, 1.165) is 0 Å². The average Bonchev–Trinajstić information content (AvgIpc) is 3.37. The fourth-order valence-electron chi connectivity index (χ4n) is 2.74. The van der Waals surface area contributed by atoms with Crippen molar-refractivity contribution in [1.82, 2.24) is 5.32 Å². The van der Waals surface area contributed by atoms with Crippen LogP contribution in [-0.4, -0.2) is 18.4 Å². The van der Waals surface area contributed by atoms with E-state index < -0.39 is 5.41 Å². The van der Waals surface area contributed by atoms with Crippen molar-refractivity contribution in [2.75, 3.05) is 11.9 Å². The third-order valence-electron chi connectivity index (χ3n) is 4.38. The van der Waals surface area contributed by atoms with Gasteiger partial charge in [0.2, 0.25) is 11.8 Å². The summed E-state index contributed by atoms with van der Waals surface area (Å²) < 4.78 is 13.6. The summed E-state index contributed by atoms with van der Waals surface area (Å²) in [7, 11) is 0. The Labute approximate surface area is 160 Å². The Morgan fingerprint density at radius 3 is 2.31 bits per heavy atom. The van der Waals surface area contributed by atoms with E-state index in [1.54, 1.807) is 36.4 Å². The number of carbonyl (C=O) groups is 2. The summed E-state index contributed by atoms with van der Waals surface area (Å²) in [5.74, 6) is -1.04. The Balaban J connectivity index is 1.58. The van der Waals surface area contributed by atoms with Crippen LogP contribution in [0.15, 0.2) is 42.5 Å². The molecule has 1 aliphatic rings. The first-order valence-corrected chi connectivity index (χ1v) is 8.95. The molecule has 2 N–H and O–H groups in total. The van der Waals surface area contributed by atoms with E-state index in [9.17, 15) is 14.0 Å². The number of hydrogen-bond acceptors (Lipinski definition) is 2. The van der Waals surface area contributed by atoms with Crippen LogP contribution in [0.25, 0.3) is 0 Å². The third kappa shape index (κ3) is 4.17. The van der Waals surface area contributed by atoms with E-state index in [1.807, 2.05) is 0 Å². The molecule has 2 amide bonds. The van der Waals surface area contributed by atoms with Gasteiger partial charge in [-0.1, -0.05) is 41.4 Å². The zero-order chi connectivity index (χ0) is 18.7. The molecule has 1 fully saturated rings. The minimum absolute atomic E-state index is 0.262. The first-order valence-electron chi connectivity index (χ1n) is 8.20. The molecule has 1 aliphatic carbocycles. The van der Waals surface area contributed by atoms with Crippen LogP contribution in [0.2, 0.25) is 10.0 Å². The summed E-state index contributed by atoms with van der Waals surface area (Å²) in [6, 6.07) is 11.1. The van der Waals surface area contributed by atoms with Crippen molar-refractivity contribution in [2.45, 2.75) is 19.3 Å². The lowest BCUT2D eigenvalue weighted by atomic mass is 10.0. The number of rotatable bonds is 6. The molecule has 0 heterocycles. The fourth-order valence-corrected chi connectivity index (χ4v) is 3.27. The lowest BCUT2D eigenvalue weighted by molar-refractivity contribution is -0.134. The predicted molar refractivity (Wildman–Crippen MR) is 99.9 cm³/mol. The standard InChI is InChI=1S/C19H17Cl2FN2O2/c20-13-9-14(21)11-15(10-13)24-18(26)19(6-7-19)17(25)23-8-5-12-3-1-2-4-16(12)22/h1-4,9-11H,5-8H2,(H,23,25)(H,24,26). The quantitative estimate of drug-likeness (QED) is 0.720. The van der Waals surface area contributed by atoms with Gasteiger partial charge in [-0.3, -0.25) is 9.59 Å². The Morgan fingerprint density at radius 2 is 1.69 bits per heavy atom. The van der Waals surface area contributed by atoms with Crippen LogP contribution in [0.1, 0.15) is 18.4 Å². The highest BCUT2D eigenvalue weighted by atomic mass is 35.5. The monoisotopic (exact) mass is 394 g/mol. The van der Waals surface area contributed by atoms with Crippen molar-refractivity contribution >= 4 is 40.7 Å². The van der Waals surface area contributed by atoms with Gasteiger partial charge in [0.1, 0.15) is 11.2 Å². The Morgan fingerprint density at radius 1 is 1.04 bits per heavy atom. The second-order valence-corrected chi connectivity index (χ2v) is 7.16. The zero-order valence-corrected chi connectivity index (χ0v) is 15.3. The number of nitrogens with one attached hydrogen (secondary N) is 2. The van der Waals surface area contributed by atoms with Crippen molar-refractivity contribution in [2.24, 2.45) is 5.41 Å². The van der Waals surface area contributed by atoms with Gasteiger partial charge in [-0.05, 0) is 49.1 Å². The van der Waals surface area contributed by atoms with E-state index in [1.165, 1.54) is 6.07 Å². The van der Waals surface area contributed by atoms with Crippen LogP contribution < -0.4 is 10.6 Å². The second kappa shape index (κ2) is 7.64. The summed E-state index contributed by atoms with van der Waals surface area (Å²) >= 11 is 11.8. The van der Waals surface area contributed by atoms with E-state index in [2.05, 4.69) is 10.6 Å². The molecule has 7 heteroatoms. The molecule has 0 aliphatic heterocycles. The van der Waals surface area contributed by atoms with Gasteiger partial charge in [0.25, 0.3) is 0 Å². The second-order valence-electron chi connectivity index (χ2n) is 6.29. The van der Waals surface area contributed by atoms with Crippen molar-refractivity contribution in [3.05, 3.63) is 63.9 Å². The maximum absolute atomic E-state index is 13.6. The minimum Gasteiger partial charge on any atom is -0.355 e. The van der Waals surface area contributed by atoms with E-state index in [-0.39, 0.29) is 24.2 Å². The van der Waals surface area contributed by atoms with Gasteiger partial charge in [0.15, 0.2) is 0 Å². The molecular weight excluding hydrogens is 378 g/mol. The summed E-state index contributed by atoms with van der Waals surface area (Å²) in [5, 5.41) is 6.22. The molecule has 0 radical (unpaired) electrons. The first-order chi connectivity index (χ1) is 12.4. The van der Waals surface area contributed by atoms with E-state index in [0.29, 0.717) is 40.6 Å². The summed E-state index contributed by atoms with van der Waals surface area (Å²) in [4.78, 5) is 25.0. The van der Waals surface area contributed by atoms with Gasteiger partial charge in [0, 0.05) is 22.3 Å². The molecule has 0 saturated heterocycles. The van der Waals surface area contributed by atoms with Gasteiger partial charge in [0.05, 0.1) is 0 Å². The summed E-state index contributed by atoms with van der Waals surface area (Å²) in [6.45, 7) is 0.262. The molecule has 0 aromatic heterocycles. The molecule has 136 valence electrons. The van der Waals surface area contributed by atoms with Crippen LogP contribution in [0, 0.1) is 11.2 Å². The number of anilines is 1. The van der Waals surface area contributed by atoms with Crippen molar-refractivity contribution in [3.8, 4) is 0 Å². The SMILES string of the molecule is O=C(NCCc1ccccc1F)C1(C(=O)Nc2cc(Cl)cc(Cl)c2)CC1. The average molecular weight is 395 g/mol. The molecule has 0 bridgehead atoms. The Bertz CT molecular complexity index is 833. The lowest BCUT2D eigenvalue weighted by Gasteiger charge is -2.16. The van der Waals surface area contributed by atoms with E-state index in [4.69, 9.17) is 23.2 Å². The molecular formula is C19H17Cl2FN2O2. The minimum atomic E-state index is -1.08. The fraction of sp³-hybridized carbons (Fsp3) is 0.263. The highest BCUT2D eigenvalue weighted by Crippen LogP contribution is 2.47. The van der Waals surface area contributed by atoms with Gasteiger partial charge in [-0.2, -0.15) is 0 Å². The van der Waals surface area contributed by atoms with Crippen molar-refractivity contribution in [1.29, 1.82) is 0 Å². The van der Waals surface area contributed by atoms with Gasteiger partial charge < -0.3 is 10.6 Å². The summed E-state index contributed by atoms with van der Waals surface area (Å²) in [5.41, 5.74) is -0.113. The molecule has 1 saturated carbocycles. The van der Waals surface area contributed by atoms with E-state index >= 15 is 0 Å². The predicted octanol–water partition coefficient (Wildman–Crippen LogP) is 4.21. The molecule has 2 aromatic carbocycles. The highest BCUT2D eigenvalue weighted by molar-refractivity contribution is 6.35. The highest BCUT2D eigenvalue weighted by Gasteiger charge is 2.56. The van der Waals surface area contributed by atoms with Crippen molar-refractivity contribution in [3.63, 3.8) is 0 Å². The number of amides is 2. The van der Waals surface area contributed by atoms with Gasteiger partial charge in [-0.15, -0.1) is 0 Å². The van der Waals surface area contributed by atoms with Crippen LogP contribution in [0.5, 0.6) is 0 Å². The number of hydrogen-bond donors (Lipinski definition) is 2. The maximum Gasteiger partial charge on any atom is 0.240 e. The smallest absolute Gasteiger partial charge is 0.240 e. The van der Waals surface area contributed by atoms with Crippen LogP contribution >= 0.6 is 23.2 Å². The topological polar surface area (TPSA) is 58.2 Å². The molecule has 3 rings (SSSR count). The molecule has 4 nitrogen and oxygen atoms in total. The van der Waals surface area contributed by atoms with Crippen LogP contribution in [-0.2, 0) is 16.0 Å². The molecule has 0 unspecified atom stereocenters. The van der Waals surface area contributed by atoms with Gasteiger partial charge >= 0.3 is 0 Å². The largest absolute Gasteiger partial charge is 0.355 e. The molecule has 0 spiro atoms. The molecule has 26 heavy (non-hydrogen) atoms. The van der Waals surface area contributed by atoms with Crippen molar-refractivity contribution < 1.29 is 14.0 Å². The lowest BCUT2D eigenvalue weighted by Crippen LogP contribution is -2.40.